The van der Waals surface area contributed by atoms with Crippen molar-refractivity contribution in [1.29, 1.82) is 0 Å². The first kappa shape index (κ1) is 20.7. The van der Waals surface area contributed by atoms with E-state index in [1.54, 1.807) is 45.2 Å². The lowest BCUT2D eigenvalue weighted by molar-refractivity contribution is -0.154. The van der Waals surface area contributed by atoms with E-state index in [-0.39, 0.29) is 37.1 Å². The van der Waals surface area contributed by atoms with Crippen molar-refractivity contribution in [2.24, 2.45) is 11.8 Å². The van der Waals surface area contributed by atoms with Gasteiger partial charge in [0, 0.05) is 18.0 Å². The van der Waals surface area contributed by atoms with Crippen LogP contribution in [0.1, 0.15) is 33.1 Å². The van der Waals surface area contributed by atoms with Gasteiger partial charge in [-0.25, -0.2) is 4.79 Å². The first-order chi connectivity index (χ1) is 13.0. The number of ketones is 1. The molecule has 0 aliphatic heterocycles. The number of ether oxygens (including phenoxy) is 3. The van der Waals surface area contributed by atoms with Gasteiger partial charge in [0.1, 0.15) is 17.6 Å². The summed E-state index contributed by atoms with van der Waals surface area (Å²) in [6, 6.07) is 6.19. The van der Waals surface area contributed by atoms with Crippen molar-refractivity contribution in [2.45, 2.75) is 39.2 Å². The fraction of sp³-hybridized carbons (Fsp3) is 0.550. The van der Waals surface area contributed by atoms with E-state index in [2.05, 4.69) is 5.32 Å². The first-order valence-corrected chi connectivity index (χ1v) is 9.26. The molecule has 148 valence electrons. The van der Waals surface area contributed by atoms with Crippen molar-refractivity contribution in [3.8, 4) is 5.75 Å². The number of carbonyl (C=O) groups excluding carboxylic acids is 3. The summed E-state index contributed by atoms with van der Waals surface area (Å²) in [6.45, 7) is 3.96. The molecule has 1 aliphatic carbocycles. The molecule has 0 saturated heterocycles. The Labute approximate surface area is 159 Å². The third kappa shape index (κ3) is 5.45. The van der Waals surface area contributed by atoms with E-state index in [1.165, 1.54) is 0 Å². The van der Waals surface area contributed by atoms with E-state index < -0.39 is 17.9 Å². The highest BCUT2D eigenvalue weighted by Crippen LogP contribution is 2.32. The highest BCUT2D eigenvalue weighted by atomic mass is 16.5. The third-order valence-corrected chi connectivity index (χ3v) is 4.67. The maximum absolute atomic E-state index is 12.5. The molecule has 1 aromatic carbocycles. The Morgan fingerprint density at radius 1 is 1.15 bits per heavy atom. The van der Waals surface area contributed by atoms with Gasteiger partial charge in [-0.2, -0.15) is 0 Å². The molecular weight excluding hydrogens is 350 g/mol. The van der Waals surface area contributed by atoms with Crippen molar-refractivity contribution in [2.75, 3.05) is 25.6 Å². The number of esters is 2. The van der Waals surface area contributed by atoms with Crippen LogP contribution >= 0.6 is 0 Å². The highest BCUT2D eigenvalue weighted by molar-refractivity contribution is 5.92. The average molecular weight is 377 g/mol. The summed E-state index contributed by atoms with van der Waals surface area (Å²) in [4.78, 5) is 37.2. The monoisotopic (exact) mass is 377 g/mol. The van der Waals surface area contributed by atoms with Gasteiger partial charge in [0.05, 0.1) is 26.2 Å². The Morgan fingerprint density at radius 2 is 1.81 bits per heavy atom. The van der Waals surface area contributed by atoms with Crippen molar-refractivity contribution in [3.63, 3.8) is 0 Å². The lowest BCUT2D eigenvalue weighted by Crippen LogP contribution is -2.45. The molecule has 0 aromatic heterocycles. The standard InChI is InChI=1S/C20H27NO6/c1-4-26-19(23)13-6-11-17(22)16(12-13)18(20(24)27-5-2)21-14-7-9-15(25-3)10-8-14/h7-10,13,16,18,21H,4-6,11-12H2,1-3H3/t13-,16+,18+/m1/s1. The van der Waals surface area contributed by atoms with Gasteiger partial charge in [0.25, 0.3) is 0 Å². The van der Waals surface area contributed by atoms with E-state index in [0.717, 1.165) is 0 Å². The molecule has 27 heavy (non-hydrogen) atoms. The predicted molar refractivity (Wildman–Crippen MR) is 99.5 cm³/mol. The van der Waals surface area contributed by atoms with Gasteiger partial charge in [0.15, 0.2) is 0 Å². The summed E-state index contributed by atoms with van der Waals surface area (Å²) in [6.07, 6.45) is 0.963. The quantitative estimate of drug-likeness (QED) is 0.696. The number of Topliss-reactive ketones (excluding diaryl/α,β-unsaturated/α-hetero) is 1. The number of anilines is 1. The molecular formula is C20H27NO6. The Bertz CT molecular complexity index is 657. The third-order valence-electron chi connectivity index (χ3n) is 4.67. The normalized spacial score (nSPS) is 20.5. The summed E-state index contributed by atoms with van der Waals surface area (Å²) in [5, 5.41) is 3.10. The predicted octanol–water partition coefficient (Wildman–Crippen LogP) is 2.59. The molecule has 0 spiro atoms. The van der Waals surface area contributed by atoms with Crippen LogP contribution in [0.25, 0.3) is 0 Å². The van der Waals surface area contributed by atoms with Crippen molar-refractivity contribution < 1.29 is 28.6 Å². The minimum absolute atomic E-state index is 0.0467. The van der Waals surface area contributed by atoms with Crippen LogP contribution in [0.3, 0.4) is 0 Å². The second-order valence-electron chi connectivity index (χ2n) is 6.40. The lowest BCUT2D eigenvalue weighted by Gasteiger charge is -2.32. The number of nitrogens with one attached hydrogen (secondary N) is 1. The minimum Gasteiger partial charge on any atom is -0.497 e. The number of methoxy groups -OCH3 is 1. The number of hydrogen-bond acceptors (Lipinski definition) is 7. The summed E-state index contributed by atoms with van der Waals surface area (Å²) in [5.74, 6) is -1.21. The van der Waals surface area contributed by atoms with Crippen LogP contribution in [0.15, 0.2) is 24.3 Å². The molecule has 7 heteroatoms. The SMILES string of the molecule is CCOC(=O)[C@@H]1CCC(=O)[C@@H]([C@H](Nc2ccc(OC)cc2)C(=O)OCC)C1. The maximum Gasteiger partial charge on any atom is 0.329 e. The molecule has 2 rings (SSSR count). The molecule has 0 amide bonds. The van der Waals surface area contributed by atoms with Gasteiger partial charge >= 0.3 is 11.9 Å². The zero-order valence-corrected chi connectivity index (χ0v) is 16.0. The van der Waals surface area contributed by atoms with Gasteiger partial charge in [-0.3, -0.25) is 9.59 Å². The summed E-state index contributed by atoms with van der Waals surface area (Å²) in [7, 11) is 1.57. The Hall–Kier alpha value is -2.57. The molecule has 1 fully saturated rings. The lowest BCUT2D eigenvalue weighted by atomic mass is 9.76. The smallest absolute Gasteiger partial charge is 0.329 e. The van der Waals surface area contributed by atoms with Crippen molar-refractivity contribution in [3.05, 3.63) is 24.3 Å². The Kier molecular flexibility index (Phi) is 7.64. The van der Waals surface area contributed by atoms with Crippen molar-refractivity contribution in [1.82, 2.24) is 0 Å². The number of carbonyl (C=O) groups is 3. The van der Waals surface area contributed by atoms with Crippen molar-refractivity contribution >= 4 is 23.4 Å². The Morgan fingerprint density at radius 3 is 2.41 bits per heavy atom. The maximum atomic E-state index is 12.5. The molecule has 1 N–H and O–H groups in total. The fourth-order valence-electron chi connectivity index (χ4n) is 3.28. The molecule has 7 nitrogen and oxygen atoms in total. The first-order valence-electron chi connectivity index (χ1n) is 9.26. The zero-order chi connectivity index (χ0) is 19.8. The van der Waals surface area contributed by atoms with Crippen LogP contribution < -0.4 is 10.1 Å². The molecule has 1 aromatic rings. The average Bonchev–Trinajstić information content (AvgIpc) is 2.67. The van der Waals surface area contributed by atoms with Gasteiger partial charge in [-0.15, -0.1) is 0 Å². The zero-order valence-electron chi connectivity index (χ0n) is 16.0. The van der Waals surface area contributed by atoms with Crippen LogP contribution in [0, 0.1) is 11.8 Å². The minimum atomic E-state index is -0.858. The summed E-state index contributed by atoms with van der Waals surface area (Å²) >= 11 is 0. The molecule has 0 radical (unpaired) electrons. The topological polar surface area (TPSA) is 90.9 Å². The Balaban J connectivity index is 2.21. The van der Waals surface area contributed by atoms with Gasteiger partial charge < -0.3 is 19.5 Å². The van der Waals surface area contributed by atoms with Gasteiger partial charge in [-0.05, 0) is 51.0 Å². The van der Waals surface area contributed by atoms with Crippen LogP contribution in [-0.2, 0) is 23.9 Å². The highest BCUT2D eigenvalue weighted by Gasteiger charge is 2.41. The van der Waals surface area contributed by atoms with E-state index >= 15 is 0 Å². The van der Waals surface area contributed by atoms with Gasteiger partial charge in [0.2, 0.25) is 0 Å². The molecule has 0 unspecified atom stereocenters. The number of rotatable bonds is 8. The number of hydrogen-bond donors (Lipinski definition) is 1. The number of benzene rings is 1. The van der Waals surface area contributed by atoms with E-state index in [4.69, 9.17) is 14.2 Å². The largest absolute Gasteiger partial charge is 0.497 e. The van der Waals surface area contributed by atoms with E-state index in [1.807, 2.05) is 0 Å². The van der Waals surface area contributed by atoms with E-state index in [0.29, 0.717) is 24.5 Å². The van der Waals surface area contributed by atoms with Crippen LogP contribution in [-0.4, -0.2) is 44.1 Å². The summed E-state index contributed by atoms with van der Waals surface area (Å²) < 4.78 is 15.4. The fourth-order valence-corrected chi connectivity index (χ4v) is 3.28. The molecule has 0 heterocycles. The molecule has 3 atom stereocenters. The second kappa shape index (κ2) is 9.94. The van der Waals surface area contributed by atoms with Gasteiger partial charge in [-0.1, -0.05) is 0 Å². The van der Waals surface area contributed by atoms with Crippen LogP contribution in [0.2, 0.25) is 0 Å². The van der Waals surface area contributed by atoms with Crippen LogP contribution in [0.4, 0.5) is 5.69 Å². The summed E-state index contributed by atoms with van der Waals surface area (Å²) in [5.41, 5.74) is 0.667. The molecule has 1 saturated carbocycles. The molecule has 1 aliphatic rings. The second-order valence-corrected chi connectivity index (χ2v) is 6.40. The van der Waals surface area contributed by atoms with Crippen LogP contribution in [0.5, 0.6) is 5.75 Å². The molecule has 0 bridgehead atoms. The van der Waals surface area contributed by atoms with E-state index in [9.17, 15) is 14.4 Å².